The molecule has 0 saturated carbocycles. The van der Waals surface area contributed by atoms with Crippen molar-refractivity contribution < 1.29 is 9.59 Å². The first-order valence-corrected chi connectivity index (χ1v) is 9.26. The maximum Gasteiger partial charge on any atom is 0.255 e. The highest BCUT2D eigenvalue weighted by Crippen LogP contribution is 2.18. The van der Waals surface area contributed by atoms with Crippen LogP contribution in [0.4, 0.5) is 11.4 Å². The second kappa shape index (κ2) is 10.3. The molecule has 0 spiro atoms. The summed E-state index contributed by atoms with van der Waals surface area (Å²) in [5.41, 5.74) is 7.92. The van der Waals surface area contributed by atoms with Crippen molar-refractivity contribution in [2.24, 2.45) is 5.73 Å². The Morgan fingerprint density at radius 1 is 1.04 bits per heavy atom. The molecule has 0 radical (unpaired) electrons. The van der Waals surface area contributed by atoms with E-state index < -0.39 is 0 Å². The van der Waals surface area contributed by atoms with Gasteiger partial charge in [-0.15, -0.1) is 0 Å². The average Bonchev–Trinajstić information content (AvgIpc) is 2.70. The van der Waals surface area contributed by atoms with Gasteiger partial charge in [0.2, 0.25) is 0 Å². The van der Waals surface area contributed by atoms with Crippen LogP contribution in [-0.4, -0.2) is 38.5 Å². The second-order valence-corrected chi connectivity index (χ2v) is 6.37. The van der Waals surface area contributed by atoms with Crippen LogP contribution >= 0.6 is 0 Å². The van der Waals surface area contributed by atoms with Crippen LogP contribution in [0.15, 0.2) is 48.5 Å². The van der Waals surface area contributed by atoms with Gasteiger partial charge in [-0.05, 0) is 42.8 Å². The molecule has 144 valence electrons. The lowest BCUT2D eigenvalue weighted by Gasteiger charge is -2.19. The van der Waals surface area contributed by atoms with Crippen molar-refractivity contribution >= 4 is 23.2 Å². The number of para-hydroxylation sites is 1. The normalized spacial score (nSPS) is 10.3. The van der Waals surface area contributed by atoms with Gasteiger partial charge in [0, 0.05) is 37.9 Å². The van der Waals surface area contributed by atoms with E-state index in [-0.39, 0.29) is 11.8 Å². The molecule has 6 nitrogen and oxygen atoms in total. The molecule has 4 N–H and O–H groups in total. The predicted octanol–water partition coefficient (Wildman–Crippen LogP) is 2.86. The number of rotatable bonds is 9. The number of nitrogens with zero attached hydrogens (tertiary/aromatic N) is 1. The monoisotopic (exact) mass is 368 g/mol. The van der Waals surface area contributed by atoms with Gasteiger partial charge in [0.05, 0.1) is 11.3 Å². The van der Waals surface area contributed by atoms with Crippen LogP contribution in [0.25, 0.3) is 0 Å². The molecule has 0 heterocycles. The van der Waals surface area contributed by atoms with Crippen molar-refractivity contribution in [2.75, 3.05) is 36.9 Å². The van der Waals surface area contributed by atoms with E-state index in [1.165, 1.54) is 0 Å². The Morgan fingerprint density at radius 3 is 2.41 bits per heavy atom. The van der Waals surface area contributed by atoms with E-state index >= 15 is 0 Å². The van der Waals surface area contributed by atoms with E-state index in [1.807, 2.05) is 19.2 Å². The largest absolute Gasteiger partial charge is 0.375 e. The van der Waals surface area contributed by atoms with Gasteiger partial charge in [0.1, 0.15) is 0 Å². The van der Waals surface area contributed by atoms with Gasteiger partial charge in [-0.1, -0.05) is 25.5 Å². The van der Waals surface area contributed by atoms with E-state index in [9.17, 15) is 9.59 Å². The number of hydrogen-bond acceptors (Lipinski definition) is 4. The first-order chi connectivity index (χ1) is 13.1. The molecule has 2 aromatic carbocycles. The Morgan fingerprint density at radius 2 is 1.74 bits per heavy atom. The lowest BCUT2D eigenvalue weighted by molar-refractivity contribution is 0.0955. The molecule has 0 aromatic heterocycles. The number of hydrogen-bond donors (Lipinski definition) is 3. The van der Waals surface area contributed by atoms with E-state index in [2.05, 4.69) is 22.5 Å². The zero-order valence-corrected chi connectivity index (χ0v) is 16.0. The third-order valence-electron chi connectivity index (χ3n) is 4.27. The van der Waals surface area contributed by atoms with Gasteiger partial charge in [-0.2, -0.15) is 0 Å². The van der Waals surface area contributed by atoms with Crippen LogP contribution in [0.5, 0.6) is 0 Å². The molecule has 2 rings (SSSR count). The highest BCUT2D eigenvalue weighted by Gasteiger charge is 2.14. The lowest BCUT2D eigenvalue weighted by Crippen LogP contribution is -2.30. The fourth-order valence-corrected chi connectivity index (χ4v) is 2.66. The number of carbonyl (C=O) groups is 2. The first kappa shape index (κ1) is 20.5. The summed E-state index contributed by atoms with van der Waals surface area (Å²) >= 11 is 0. The van der Waals surface area contributed by atoms with E-state index in [0.717, 1.165) is 25.1 Å². The molecular formula is C21H28N4O2. The molecule has 0 bridgehead atoms. The molecule has 27 heavy (non-hydrogen) atoms. The van der Waals surface area contributed by atoms with Gasteiger partial charge in [0.15, 0.2) is 0 Å². The van der Waals surface area contributed by atoms with Crippen LogP contribution in [0.1, 0.15) is 40.5 Å². The molecule has 0 aliphatic rings. The summed E-state index contributed by atoms with van der Waals surface area (Å²) in [5, 5.41) is 5.54. The summed E-state index contributed by atoms with van der Waals surface area (Å²) in [6, 6.07) is 14.4. The van der Waals surface area contributed by atoms with E-state index in [1.54, 1.807) is 36.4 Å². The molecule has 0 fully saturated rings. The number of benzene rings is 2. The summed E-state index contributed by atoms with van der Waals surface area (Å²) in [7, 11) is 2.04. The van der Waals surface area contributed by atoms with E-state index in [0.29, 0.717) is 29.9 Å². The van der Waals surface area contributed by atoms with Crippen molar-refractivity contribution in [1.29, 1.82) is 0 Å². The third kappa shape index (κ3) is 5.82. The summed E-state index contributed by atoms with van der Waals surface area (Å²) in [6.07, 6.45) is 2.27. The van der Waals surface area contributed by atoms with Crippen molar-refractivity contribution in [1.82, 2.24) is 5.32 Å². The van der Waals surface area contributed by atoms with Crippen molar-refractivity contribution in [3.8, 4) is 0 Å². The van der Waals surface area contributed by atoms with Crippen LogP contribution in [0.3, 0.4) is 0 Å². The van der Waals surface area contributed by atoms with Gasteiger partial charge in [-0.25, -0.2) is 0 Å². The van der Waals surface area contributed by atoms with Crippen molar-refractivity contribution in [2.45, 2.75) is 19.8 Å². The minimum absolute atomic E-state index is 0.253. The summed E-state index contributed by atoms with van der Waals surface area (Å²) in [5.74, 6) is -0.513. The van der Waals surface area contributed by atoms with Crippen LogP contribution in [0.2, 0.25) is 0 Å². The molecule has 6 heteroatoms. The fourth-order valence-electron chi connectivity index (χ4n) is 2.66. The number of nitrogens with one attached hydrogen (secondary N) is 2. The maximum absolute atomic E-state index is 12.6. The molecular weight excluding hydrogens is 340 g/mol. The third-order valence-corrected chi connectivity index (χ3v) is 4.27. The topological polar surface area (TPSA) is 87.5 Å². The Hall–Kier alpha value is -2.86. The Bertz CT molecular complexity index is 759. The van der Waals surface area contributed by atoms with Gasteiger partial charge in [0.25, 0.3) is 11.8 Å². The second-order valence-electron chi connectivity index (χ2n) is 6.37. The number of anilines is 2. The van der Waals surface area contributed by atoms with Crippen LogP contribution in [0, 0.1) is 0 Å². The molecule has 0 unspecified atom stereocenters. The van der Waals surface area contributed by atoms with Gasteiger partial charge < -0.3 is 21.3 Å². The molecule has 0 aliphatic carbocycles. The molecule has 0 atom stereocenters. The minimum atomic E-state index is -0.260. The highest BCUT2D eigenvalue weighted by atomic mass is 16.2. The summed E-state index contributed by atoms with van der Waals surface area (Å²) in [4.78, 5) is 27.0. The van der Waals surface area contributed by atoms with Crippen LogP contribution < -0.4 is 21.3 Å². The number of nitrogens with two attached hydrogens (primary N) is 1. The zero-order valence-electron chi connectivity index (χ0n) is 16.0. The summed E-state index contributed by atoms with van der Waals surface area (Å²) in [6.45, 7) is 3.89. The molecule has 0 aliphatic heterocycles. The number of unbranched alkanes of at least 4 members (excludes halogenated alkanes) is 1. The smallest absolute Gasteiger partial charge is 0.255 e. The molecule has 2 aromatic rings. The standard InChI is InChI=1S/C21H28N4O2/c1-3-4-15-25(2)17-11-9-16(10-12-17)20(26)24-19-8-6-5-7-18(19)21(27)23-14-13-22/h5-12H,3-4,13-15,22H2,1-2H3,(H,23,27)(H,24,26). The highest BCUT2D eigenvalue weighted by molar-refractivity contribution is 6.09. The molecule has 0 saturated heterocycles. The Balaban J connectivity index is 2.08. The lowest BCUT2D eigenvalue weighted by atomic mass is 10.1. The van der Waals surface area contributed by atoms with Crippen molar-refractivity contribution in [3.05, 3.63) is 59.7 Å². The fraction of sp³-hybridized carbons (Fsp3) is 0.333. The minimum Gasteiger partial charge on any atom is -0.375 e. The zero-order chi connectivity index (χ0) is 19.6. The van der Waals surface area contributed by atoms with E-state index in [4.69, 9.17) is 5.73 Å². The Kier molecular flexibility index (Phi) is 7.82. The number of amides is 2. The van der Waals surface area contributed by atoms with Gasteiger partial charge >= 0.3 is 0 Å². The van der Waals surface area contributed by atoms with Crippen molar-refractivity contribution in [3.63, 3.8) is 0 Å². The summed E-state index contributed by atoms with van der Waals surface area (Å²) < 4.78 is 0. The van der Waals surface area contributed by atoms with Crippen LogP contribution in [-0.2, 0) is 0 Å². The first-order valence-electron chi connectivity index (χ1n) is 9.26. The Labute approximate surface area is 160 Å². The number of carbonyl (C=O) groups excluding carboxylic acids is 2. The molecule has 2 amide bonds. The maximum atomic E-state index is 12.6. The SMILES string of the molecule is CCCCN(C)c1ccc(C(=O)Nc2ccccc2C(=O)NCCN)cc1. The predicted molar refractivity (Wildman–Crippen MR) is 110 cm³/mol. The quantitative estimate of drug-likeness (QED) is 0.635. The average molecular weight is 368 g/mol. The van der Waals surface area contributed by atoms with Gasteiger partial charge in [-0.3, -0.25) is 9.59 Å².